The summed E-state index contributed by atoms with van der Waals surface area (Å²) in [6, 6.07) is 9.20. The maximum atomic E-state index is 7.91. The van der Waals surface area contributed by atoms with Crippen LogP contribution in [-0.4, -0.2) is 23.5 Å². The molecule has 2 fully saturated rings. The van der Waals surface area contributed by atoms with Crippen LogP contribution in [0.15, 0.2) is 24.3 Å². The summed E-state index contributed by atoms with van der Waals surface area (Å²) in [6.07, 6.45) is 3.63. The van der Waals surface area contributed by atoms with Gasteiger partial charge in [0.05, 0.1) is 6.04 Å². The van der Waals surface area contributed by atoms with Gasteiger partial charge in [0.15, 0.2) is 0 Å². The molecule has 0 radical (unpaired) electrons. The Hall–Kier alpha value is -1.03. The van der Waals surface area contributed by atoms with Crippen molar-refractivity contribution in [3.8, 4) is 0 Å². The minimum Gasteiger partial charge on any atom is -0.455 e. The van der Waals surface area contributed by atoms with Gasteiger partial charge in [-0.2, -0.15) is 0 Å². The normalized spacial score (nSPS) is 26.3. The lowest BCUT2D eigenvalue weighted by molar-refractivity contribution is 0.167. The summed E-state index contributed by atoms with van der Waals surface area (Å²) in [5.41, 5.74) is 2.47. The topological polar surface area (TPSA) is 36.3 Å². The highest BCUT2D eigenvalue weighted by atomic mass is 79.9. The molecular weight excluding hydrogens is 292 g/mol. The molecular formula is C14H19BrN2O. The highest BCUT2D eigenvalue weighted by molar-refractivity contribution is 8.93. The van der Waals surface area contributed by atoms with Gasteiger partial charge in [0.25, 0.3) is 6.02 Å². The number of piperidine rings is 1. The maximum absolute atomic E-state index is 7.91. The zero-order valence-corrected chi connectivity index (χ0v) is 12.3. The van der Waals surface area contributed by atoms with Gasteiger partial charge in [-0.05, 0) is 31.7 Å². The highest BCUT2D eigenvalue weighted by Gasteiger charge is 2.41. The molecule has 18 heavy (non-hydrogen) atoms. The van der Waals surface area contributed by atoms with Crippen LogP contribution in [-0.2, 0) is 4.74 Å². The van der Waals surface area contributed by atoms with Crippen molar-refractivity contribution in [2.45, 2.75) is 38.3 Å². The Bertz CT molecular complexity index is 449. The number of rotatable bonds is 1. The Balaban J connectivity index is 0.00000120. The second-order valence-corrected chi connectivity index (χ2v) is 5.01. The van der Waals surface area contributed by atoms with Gasteiger partial charge in [-0.1, -0.05) is 29.8 Å². The third-order valence-electron chi connectivity index (χ3n) is 3.77. The predicted molar refractivity (Wildman–Crippen MR) is 77.4 cm³/mol. The lowest BCUT2D eigenvalue weighted by atomic mass is 9.94. The lowest BCUT2D eigenvalue weighted by Gasteiger charge is -2.29. The van der Waals surface area contributed by atoms with Crippen molar-refractivity contribution in [1.82, 2.24) is 4.90 Å². The molecule has 0 unspecified atom stereocenters. The average Bonchev–Trinajstić information content (AvgIpc) is 2.68. The number of aryl methyl sites for hydroxylation is 1. The molecule has 0 bridgehead atoms. The smallest absolute Gasteiger partial charge is 0.285 e. The first-order valence-corrected chi connectivity index (χ1v) is 6.34. The molecule has 2 aliphatic heterocycles. The number of ether oxygens (including phenoxy) is 1. The third-order valence-corrected chi connectivity index (χ3v) is 3.77. The monoisotopic (exact) mass is 310 g/mol. The second kappa shape index (κ2) is 5.31. The van der Waals surface area contributed by atoms with E-state index in [1.165, 1.54) is 24.0 Å². The van der Waals surface area contributed by atoms with Crippen LogP contribution in [0.4, 0.5) is 0 Å². The van der Waals surface area contributed by atoms with Gasteiger partial charge in [-0.15, -0.1) is 17.0 Å². The second-order valence-electron chi connectivity index (χ2n) is 5.01. The molecule has 1 aromatic rings. The van der Waals surface area contributed by atoms with Crippen LogP contribution in [0, 0.1) is 12.3 Å². The molecule has 0 saturated carbocycles. The number of halogens is 1. The van der Waals surface area contributed by atoms with Crippen molar-refractivity contribution in [3.63, 3.8) is 0 Å². The van der Waals surface area contributed by atoms with E-state index in [0.717, 1.165) is 13.0 Å². The third kappa shape index (κ3) is 2.26. The molecule has 4 heteroatoms. The van der Waals surface area contributed by atoms with Crippen LogP contribution in [0.25, 0.3) is 0 Å². The molecule has 2 aliphatic rings. The summed E-state index contributed by atoms with van der Waals surface area (Å²) in [6.45, 7) is 3.08. The minimum atomic E-state index is 0. The summed E-state index contributed by atoms with van der Waals surface area (Å²) in [5, 5.41) is 7.91. The first-order chi connectivity index (χ1) is 8.25. The maximum Gasteiger partial charge on any atom is 0.285 e. The minimum absolute atomic E-state index is 0. The Labute approximate surface area is 118 Å². The summed E-state index contributed by atoms with van der Waals surface area (Å²) < 4.78 is 5.76. The number of benzene rings is 1. The molecule has 1 aromatic carbocycles. The Kier molecular flexibility index (Phi) is 3.95. The van der Waals surface area contributed by atoms with Crippen molar-refractivity contribution in [2.24, 2.45) is 0 Å². The number of nitrogens with one attached hydrogen (secondary N) is 1. The SMILES string of the molecule is Br.Cc1cccc([C@H]2OC(=N)N3CCCC[C@H]23)c1. The molecule has 0 spiro atoms. The van der Waals surface area contributed by atoms with Gasteiger partial charge in [-0.25, -0.2) is 0 Å². The van der Waals surface area contributed by atoms with E-state index in [9.17, 15) is 0 Å². The van der Waals surface area contributed by atoms with Gasteiger partial charge in [0, 0.05) is 6.54 Å². The van der Waals surface area contributed by atoms with Crippen LogP contribution < -0.4 is 0 Å². The van der Waals surface area contributed by atoms with E-state index in [2.05, 4.69) is 36.1 Å². The first-order valence-electron chi connectivity index (χ1n) is 6.34. The van der Waals surface area contributed by atoms with E-state index in [-0.39, 0.29) is 23.1 Å². The largest absolute Gasteiger partial charge is 0.455 e. The fourth-order valence-electron chi connectivity index (χ4n) is 2.93. The van der Waals surface area contributed by atoms with Crippen LogP contribution in [0.5, 0.6) is 0 Å². The molecule has 2 saturated heterocycles. The molecule has 1 N–H and O–H groups in total. The molecule has 2 heterocycles. The summed E-state index contributed by atoms with van der Waals surface area (Å²) >= 11 is 0. The van der Waals surface area contributed by atoms with Gasteiger partial charge >= 0.3 is 0 Å². The molecule has 2 atom stereocenters. The molecule has 0 aliphatic carbocycles. The molecule has 0 aromatic heterocycles. The fourth-order valence-corrected chi connectivity index (χ4v) is 2.93. The van der Waals surface area contributed by atoms with E-state index < -0.39 is 0 Å². The number of nitrogens with zero attached hydrogens (tertiary/aromatic N) is 1. The Morgan fingerprint density at radius 2 is 2.17 bits per heavy atom. The van der Waals surface area contributed by atoms with Crippen LogP contribution in [0.1, 0.15) is 36.5 Å². The van der Waals surface area contributed by atoms with Crippen LogP contribution >= 0.6 is 17.0 Å². The van der Waals surface area contributed by atoms with Gasteiger partial charge < -0.3 is 9.64 Å². The number of fused-ring (bicyclic) bond motifs is 1. The van der Waals surface area contributed by atoms with E-state index in [4.69, 9.17) is 10.1 Å². The molecule has 3 nitrogen and oxygen atoms in total. The van der Waals surface area contributed by atoms with E-state index in [1.807, 2.05) is 0 Å². The Morgan fingerprint density at radius 3 is 2.94 bits per heavy atom. The average molecular weight is 311 g/mol. The lowest BCUT2D eigenvalue weighted by Crippen LogP contribution is -2.38. The van der Waals surface area contributed by atoms with Crippen molar-refractivity contribution < 1.29 is 4.74 Å². The number of hydrogen-bond donors (Lipinski definition) is 1. The number of amidine groups is 1. The standard InChI is InChI=1S/C14H18N2O.BrH/c1-10-5-4-6-11(9-10)13-12-7-2-3-8-16(12)14(15)17-13;/h4-6,9,12-13,15H,2-3,7-8H2,1H3;1H/t12-,13-;/m1./s1. The van der Waals surface area contributed by atoms with Crippen molar-refractivity contribution in [3.05, 3.63) is 35.4 Å². The van der Waals surface area contributed by atoms with Gasteiger partial charge in [-0.3, -0.25) is 5.41 Å². The van der Waals surface area contributed by atoms with Crippen LogP contribution in [0.3, 0.4) is 0 Å². The van der Waals surface area contributed by atoms with Crippen molar-refractivity contribution >= 4 is 23.0 Å². The quantitative estimate of drug-likeness (QED) is 0.862. The van der Waals surface area contributed by atoms with Gasteiger partial charge in [0.1, 0.15) is 6.10 Å². The van der Waals surface area contributed by atoms with Crippen molar-refractivity contribution in [1.29, 1.82) is 5.41 Å². The van der Waals surface area contributed by atoms with E-state index in [0.29, 0.717) is 12.1 Å². The van der Waals surface area contributed by atoms with Crippen molar-refractivity contribution in [2.75, 3.05) is 6.54 Å². The van der Waals surface area contributed by atoms with E-state index >= 15 is 0 Å². The van der Waals surface area contributed by atoms with Crippen LogP contribution in [0.2, 0.25) is 0 Å². The summed E-state index contributed by atoms with van der Waals surface area (Å²) in [7, 11) is 0. The molecule has 0 amide bonds. The summed E-state index contributed by atoms with van der Waals surface area (Å²) in [4.78, 5) is 2.12. The molecule has 98 valence electrons. The number of hydrogen-bond acceptors (Lipinski definition) is 2. The molecule has 3 rings (SSSR count). The zero-order valence-electron chi connectivity index (χ0n) is 10.6. The van der Waals surface area contributed by atoms with E-state index in [1.54, 1.807) is 0 Å². The fraction of sp³-hybridized carbons (Fsp3) is 0.500. The van der Waals surface area contributed by atoms with Gasteiger partial charge in [0.2, 0.25) is 0 Å². The highest BCUT2D eigenvalue weighted by Crippen LogP contribution is 2.37. The first kappa shape index (κ1) is 13.4. The predicted octanol–water partition coefficient (Wildman–Crippen LogP) is 3.43. The summed E-state index contributed by atoms with van der Waals surface area (Å²) in [5.74, 6) is 0. The Morgan fingerprint density at radius 1 is 1.33 bits per heavy atom. The zero-order chi connectivity index (χ0) is 11.8.